The quantitative estimate of drug-likeness (QED) is 0.402. The Morgan fingerprint density at radius 1 is 1.80 bits per heavy atom. The maximum absolute atomic E-state index is 10.0. The van der Waals surface area contributed by atoms with Crippen LogP contribution < -0.4 is 0 Å². The fraction of sp³-hybridized carbons (Fsp3) is 0.667. The van der Waals surface area contributed by atoms with Crippen molar-refractivity contribution >= 4 is 0 Å². The van der Waals surface area contributed by atoms with Gasteiger partial charge in [0.25, 0.3) is 6.20 Å². The molecule has 0 aliphatic carbocycles. The van der Waals surface area contributed by atoms with Gasteiger partial charge in [-0.1, -0.05) is 0 Å². The van der Waals surface area contributed by atoms with Gasteiger partial charge in [-0.25, -0.2) is 0 Å². The van der Waals surface area contributed by atoms with E-state index in [0.717, 1.165) is 31.3 Å². The third-order valence-corrected chi connectivity index (χ3v) is 1.67. The van der Waals surface area contributed by atoms with Gasteiger partial charge < -0.3 is 4.90 Å². The van der Waals surface area contributed by atoms with Gasteiger partial charge in [0.2, 0.25) is 0 Å². The highest BCUT2D eigenvalue weighted by Gasteiger charge is 2.14. The molecule has 0 N–H and O–H groups in total. The molecule has 56 valence electrons. The van der Waals surface area contributed by atoms with Crippen LogP contribution in [0.25, 0.3) is 0 Å². The SMILES string of the molecule is CN1CCC/C1=C/[N+](=O)[O-]. The van der Waals surface area contributed by atoms with E-state index in [9.17, 15) is 10.1 Å². The predicted octanol–water partition coefficient (Wildman–Crippen LogP) is 0.830. The third-order valence-electron chi connectivity index (χ3n) is 1.67. The average Bonchev–Trinajstić information content (AvgIpc) is 2.15. The highest BCUT2D eigenvalue weighted by Crippen LogP contribution is 2.17. The molecule has 0 amide bonds. The number of likely N-dealkylation sites (tertiary alicyclic amines) is 1. The van der Waals surface area contributed by atoms with Crippen LogP contribution in [0.15, 0.2) is 11.9 Å². The van der Waals surface area contributed by atoms with Crippen LogP contribution in [0.3, 0.4) is 0 Å². The molecule has 0 unspecified atom stereocenters. The van der Waals surface area contributed by atoms with E-state index >= 15 is 0 Å². The second-order valence-corrected chi connectivity index (χ2v) is 2.43. The highest BCUT2D eigenvalue weighted by molar-refractivity contribution is 5.00. The monoisotopic (exact) mass is 142 g/mol. The highest BCUT2D eigenvalue weighted by atomic mass is 16.6. The van der Waals surface area contributed by atoms with Crippen LogP contribution in [0.4, 0.5) is 0 Å². The van der Waals surface area contributed by atoms with E-state index in [1.54, 1.807) is 0 Å². The van der Waals surface area contributed by atoms with Crippen molar-refractivity contribution in [2.75, 3.05) is 13.6 Å². The lowest BCUT2D eigenvalue weighted by Crippen LogP contribution is -2.11. The van der Waals surface area contributed by atoms with E-state index in [1.165, 1.54) is 0 Å². The van der Waals surface area contributed by atoms with E-state index in [-0.39, 0.29) is 0 Å². The number of allylic oxidation sites excluding steroid dienone is 1. The lowest BCUT2D eigenvalue weighted by Gasteiger charge is -2.08. The molecule has 0 aromatic heterocycles. The molecule has 1 rings (SSSR count). The summed E-state index contributed by atoms with van der Waals surface area (Å²) < 4.78 is 0. The first-order chi connectivity index (χ1) is 4.70. The molecule has 1 aliphatic heterocycles. The van der Waals surface area contributed by atoms with Crippen LogP contribution in [0.1, 0.15) is 12.8 Å². The summed E-state index contributed by atoms with van der Waals surface area (Å²) in [5.74, 6) is 0. The number of nitrogens with zero attached hydrogens (tertiary/aromatic N) is 2. The second kappa shape index (κ2) is 2.68. The predicted molar refractivity (Wildman–Crippen MR) is 36.9 cm³/mol. The smallest absolute Gasteiger partial charge is 0.253 e. The number of hydrogen-bond donors (Lipinski definition) is 0. The Morgan fingerprint density at radius 2 is 2.50 bits per heavy atom. The van der Waals surface area contributed by atoms with E-state index < -0.39 is 4.92 Å². The molecule has 0 radical (unpaired) electrons. The van der Waals surface area contributed by atoms with Gasteiger partial charge in [-0.15, -0.1) is 0 Å². The Balaban J connectivity index is 2.62. The van der Waals surface area contributed by atoms with Crippen molar-refractivity contribution in [1.82, 2.24) is 4.90 Å². The normalized spacial score (nSPS) is 22.1. The van der Waals surface area contributed by atoms with Crippen LogP contribution in [-0.4, -0.2) is 23.4 Å². The van der Waals surface area contributed by atoms with Crippen LogP contribution in [0, 0.1) is 10.1 Å². The molecule has 4 heteroatoms. The van der Waals surface area contributed by atoms with Gasteiger partial charge in [0.1, 0.15) is 0 Å². The molecule has 1 heterocycles. The van der Waals surface area contributed by atoms with Gasteiger partial charge in [-0.05, 0) is 12.8 Å². The van der Waals surface area contributed by atoms with E-state index in [1.807, 2.05) is 11.9 Å². The summed E-state index contributed by atoms with van der Waals surface area (Å²) >= 11 is 0. The first-order valence-electron chi connectivity index (χ1n) is 3.25. The lowest BCUT2D eigenvalue weighted by atomic mass is 10.3. The third kappa shape index (κ3) is 1.46. The van der Waals surface area contributed by atoms with Crippen molar-refractivity contribution in [3.8, 4) is 0 Å². The molecule has 1 aliphatic rings. The first-order valence-corrected chi connectivity index (χ1v) is 3.25. The van der Waals surface area contributed by atoms with E-state index in [0.29, 0.717) is 0 Å². The van der Waals surface area contributed by atoms with Crippen LogP contribution in [0.2, 0.25) is 0 Å². The summed E-state index contributed by atoms with van der Waals surface area (Å²) in [5.41, 5.74) is 0.838. The van der Waals surface area contributed by atoms with E-state index in [2.05, 4.69) is 0 Å². The largest absolute Gasteiger partial charge is 0.373 e. The summed E-state index contributed by atoms with van der Waals surface area (Å²) in [7, 11) is 1.88. The molecule has 1 fully saturated rings. The molecule has 0 aromatic rings. The van der Waals surface area contributed by atoms with Gasteiger partial charge in [-0.3, -0.25) is 10.1 Å². The number of nitro groups is 1. The topological polar surface area (TPSA) is 46.4 Å². The summed E-state index contributed by atoms with van der Waals surface area (Å²) in [6, 6.07) is 0. The fourth-order valence-corrected chi connectivity index (χ4v) is 1.12. The molecule has 0 atom stereocenters. The summed E-state index contributed by atoms with van der Waals surface area (Å²) in [6.45, 7) is 0.944. The molecule has 0 bridgehead atoms. The molecular weight excluding hydrogens is 132 g/mol. The fourth-order valence-electron chi connectivity index (χ4n) is 1.12. The standard InChI is InChI=1S/C6H10N2O2/c1-7-4-2-3-6(7)5-8(9)10/h5H,2-4H2,1H3/b6-5-. The average molecular weight is 142 g/mol. The Bertz CT molecular complexity index is 177. The van der Waals surface area contributed by atoms with E-state index in [4.69, 9.17) is 0 Å². The van der Waals surface area contributed by atoms with Crippen LogP contribution >= 0.6 is 0 Å². The molecule has 10 heavy (non-hydrogen) atoms. The molecular formula is C6H10N2O2. The molecule has 0 aromatic carbocycles. The maximum Gasteiger partial charge on any atom is 0.253 e. The Morgan fingerprint density at radius 3 is 2.90 bits per heavy atom. The van der Waals surface area contributed by atoms with Crippen molar-refractivity contribution in [1.29, 1.82) is 0 Å². The first kappa shape index (κ1) is 7.05. The Kier molecular flexibility index (Phi) is 1.89. The molecule has 0 saturated carbocycles. The summed E-state index contributed by atoms with van der Waals surface area (Å²) in [5, 5.41) is 10.0. The molecule has 0 spiro atoms. The van der Waals surface area contributed by atoms with Gasteiger partial charge in [0, 0.05) is 13.6 Å². The molecule has 1 saturated heterocycles. The second-order valence-electron chi connectivity index (χ2n) is 2.43. The number of hydrogen-bond acceptors (Lipinski definition) is 3. The zero-order valence-electron chi connectivity index (χ0n) is 5.91. The zero-order chi connectivity index (χ0) is 7.56. The van der Waals surface area contributed by atoms with Crippen molar-refractivity contribution < 1.29 is 4.92 Å². The van der Waals surface area contributed by atoms with Crippen LogP contribution in [0.5, 0.6) is 0 Å². The van der Waals surface area contributed by atoms with Gasteiger partial charge >= 0.3 is 0 Å². The van der Waals surface area contributed by atoms with Gasteiger partial charge in [0.05, 0.1) is 10.6 Å². The number of rotatable bonds is 1. The Labute approximate surface area is 59.3 Å². The zero-order valence-corrected chi connectivity index (χ0v) is 5.91. The van der Waals surface area contributed by atoms with Crippen molar-refractivity contribution in [3.63, 3.8) is 0 Å². The van der Waals surface area contributed by atoms with Crippen molar-refractivity contribution in [3.05, 3.63) is 22.0 Å². The minimum Gasteiger partial charge on any atom is -0.373 e. The Hall–Kier alpha value is -1.06. The van der Waals surface area contributed by atoms with Crippen molar-refractivity contribution in [2.24, 2.45) is 0 Å². The summed E-state index contributed by atoms with van der Waals surface area (Å²) in [4.78, 5) is 11.5. The molecule has 4 nitrogen and oxygen atoms in total. The maximum atomic E-state index is 10.0. The van der Waals surface area contributed by atoms with Crippen molar-refractivity contribution in [2.45, 2.75) is 12.8 Å². The minimum atomic E-state index is -0.392. The summed E-state index contributed by atoms with van der Waals surface area (Å²) in [6.07, 6.45) is 2.97. The lowest BCUT2D eigenvalue weighted by molar-refractivity contribution is -0.404. The minimum absolute atomic E-state index is 0.392. The van der Waals surface area contributed by atoms with Gasteiger partial charge in [0.15, 0.2) is 0 Å². The van der Waals surface area contributed by atoms with Gasteiger partial charge in [-0.2, -0.15) is 0 Å². The van der Waals surface area contributed by atoms with Crippen LogP contribution in [-0.2, 0) is 0 Å².